The summed E-state index contributed by atoms with van der Waals surface area (Å²) in [7, 11) is 0. The summed E-state index contributed by atoms with van der Waals surface area (Å²) in [5.41, 5.74) is 2.11. The fraction of sp³-hybridized carbons (Fsp3) is 0.125. The summed E-state index contributed by atoms with van der Waals surface area (Å²) in [4.78, 5) is 12.9. The van der Waals surface area contributed by atoms with E-state index < -0.39 is 6.04 Å². The summed E-state index contributed by atoms with van der Waals surface area (Å²) in [5.74, 6) is 0.841. The Morgan fingerprint density at radius 3 is 2.29 bits per heavy atom. The summed E-state index contributed by atoms with van der Waals surface area (Å²) in [6, 6.07) is 19.4. The van der Waals surface area contributed by atoms with Gasteiger partial charge in [0.15, 0.2) is 11.0 Å². The summed E-state index contributed by atoms with van der Waals surface area (Å²) >= 11 is 26.3. The minimum Gasteiger partial charge on any atom is -0.342 e. The highest BCUT2D eigenvalue weighted by molar-refractivity contribution is 7.98. The van der Waals surface area contributed by atoms with Crippen molar-refractivity contribution in [2.24, 2.45) is 0 Å². The summed E-state index contributed by atoms with van der Waals surface area (Å²) < 4.78 is 1.83. The molecule has 4 aromatic rings. The molecule has 0 bridgehead atoms. The van der Waals surface area contributed by atoms with E-state index in [2.05, 4.69) is 15.5 Å². The summed E-state index contributed by atoms with van der Waals surface area (Å²) in [6.07, 6.45) is 0. The van der Waals surface area contributed by atoms with E-state index in [9.17, 15) is 4.79 Å². The number of nitrogens with zero attached hydrogens (tertiary/aromatic N) is 3. The Labute approximate surface area is 221 Å². The van der Waals surface area contributed by atoms with E-state index in [0.717, 1.165) is 5.56 Å². The maximum absolute atomic E-state index is 12.9. The molecule has 0 saturated carbocycles. The van der Waals surface area contributed by atoms with Crippen LogP contribution in [-0.2, 0) is 5.75 Å². The molecule has 0 saturated heterocycles. The monoisotopic (exact) mass is 550 g/mol. The quantitative estimate of drug-likeness (QED) is 0.239. The lowest BCUT2D eigenvalue weighted by Gasteiger charge is -2.17. The van der Waals surface area contributed by atoms with Crippen LogP contribution in [0.5, 0.6) is 0 Å². The second kappa shape index (κ2) is 11.0. The van der Waals surface area contributed by atoms with Gasteiger partial charge < -0.3 is 5.32 Å². The van der Waals surface area contributed by atoms with Crippen molar-refractivity contribution in [3.05, 3.63) is 104 Å². The number of benzene rings is 3. The van der Waals surface area contributed by atoms with Crippen molar-refractivity contribution < 1.29 is 4.79 Å². The Morgan fingerprint density at radius 2 is 1.62 bits per heavy atom. The fourth-order valence-electron chi connectivity index (χ4n) is 3.28. The minimum absolute atomic E-state index is 0.263. The molecule has 1 aromatic heterocycles. The third-order valence-electron chi connectivity index (χ3n) is 4.93. The number of aromatic nitrogens is 3. The topological polar surface area (TPSA) is 59.8 Å². The van der Waals surface area contributed by atoms with Crippen LogP contribution >= 0.6 is 58.2 Å². The average molecular weight is 552 g/mol. The molecular formula is C24H18Cl4N4OS. The molecule has 34 heavy (non-hydrogen) atoms. The molecule has 0 radical (unpaired) electrons. The number of nitrogens with one attached hydrogen (secondary N) is 1. The predicted octanol–water partition coefficient (Wildman–Crippen LogP) is 7.66. The smallest absolute Gasteiger partial charge is 0.253 e. The number of halogens is 4. The van der Waals surface area contributed by atoms with Gasteiger partial charge in [-0.3, -0.25) is 9.36 Å². The van der Waals surface area contributed by atoms with E-state index in [1.54, 1.807) is 30.3 Å². The van der Waals surface area contributed by atoms with Gasteiger partial charge in [0.05, 0.1) is 27.3 Å². The highest BCUT2D eigenvalue weighted by Gasteiger charge is 2.23. The van der Waals surface area contributed by atoms with Crippen LogP contribution in [0.25, 0.3) is 5.69 Å². The zero-order valence-corrected chi connectivity index (χ0v) is 21.6. The van der Waals surface area contributed by atoms with Crippen molar-refractivity contribution in [2.75, 3.05) is 0 Å². The van der Waals surface area contributed by atoms with Crippen LogP contribution in [0.15, 0.2) is 71.9 Å². The van der Waals surface area contributed by atoms with Crippen LogP contribution < -0.4 is 5.32 Å². The molecule has 1 atom stereocenters. The van der Waals surface area contributed by atoms with Crippen molar-refractivity contribution in [1.82, 2.24) is 20.1 Å². The second-order valence-corrected chi connectivity index (χ2v) is 10.00. The number of amides is 1. The molecule has 4 rings (SSSR count). The lowest BCUT2D eigenvalue weighted by molar-refractivity contribution is 0.0938. The van der Waals surface area contributed by atoms with Crippen molar-refractivity contribution in [3.63, 3.8) is 0 Å². The van der Waals surface area contributed by atoms with E-state index in [0.29, 0.717) is 43.1 Å². The van der Waals surface area contributed by atoms with Gasteiger partial charge in [-0.1, -0.05) is 88.5 Å². The zero-order chi connectivity index (χ0) is 24.2. The van der Waals surface area contributed by atoms with Gasteiger partial charge in [0.2, 0.25) is 0 Å². The molecule has 5 nitrogen and oxygen atoms in total. The highest BCUT2D eigenvalue weighted by Crippen LogP contribution is 2.32. The van der Waals surface area contributed by atoms with Gasteiger partial charge in [-0.05, 0) is 48.9 Å². The normalized spacial score (nSPS) is 11.9. The predicted molar refractivity (Wildman–Crippen MR) is 140 cm³/mol. The third kappa shape index (κ3) is 5.70. The first-order valence-corrected chi connectivity index (χ1v) is 12.7. The first kappa shape index (κ1) is 24.9. The number of rotatable bonds is 7. The SMILES string of the molecule is CC(NC(=O)c1ccc(Cl)cc1Cl)c1nnc(SCc2ccccc2)n1-c1ccc(Cl)cc1Cl. The summed E-state index contributed by atoms with van der Waals surface area (Å²) in [6.45, 7) is 1.82. The average Bonchev–Trinajstić information content (AvgIpc) is 3.22. The molecule has 0 spiro atoms. The van der Waals surface area contributed by atoms with E-state index in [1.807, 2.05) is 41.8 Å². The second-order valence-electron chi connectivity index (χ2n) is 7.37. The molecule has 0 fully saturated rings. The standard InChI is InChI=1S/C24H18Cl4N4OS/c1-14(29-23(33)18-9-7-16(25)11-19(18)27)22-30-31-24(34-13-15-5-3-2-4-6-15)32(22)21-10-8-17(26)12-20(21)28/h2-12,14H,13H2,1H3,(H,29,33). The Kier molecular flexibility index (Phi) is 8.06. The first-order valence-electron chi connectivity index (χ1n) is 10.2. The molecule has 0 aliphatic carbocycles. The number of carbonyl (C=O) groups excluding carboxylic acids is 1. The molecule has 174 valence electrons. The van der Waals surface area contributed by atoms with E-state index in [-0.39, 0.29) is 10.9 Å². The van der Waals surface area contributed by atoms with Gasteiger partial charge >= 0.3 is 0 Å². The summed E-state index contributed by atoms with van der Waals surface area (Å²) in [5, 5.41) is 14.0. The van der Waals surface area contributed by atoms with Crippen LogP contribution in [-0.4, -0.2) is 20.7 Å². The Bertz CT molecular complexity index is 1330. The van der Waals surface area contributed by atoms with Crippen LogP contribution in [0.4, 0.5) is 0 Å². The van der Waals surface area contributed by atoms with Gasteiger partial charge in [0, 0.05) is 15.8 Å². The van der Waals surface area contributed by atoms with Crippen LogP contribution in [0.1, 0.15) is 34.7 Å². The van der Waals surface area contributed by atoms with Gasteiger partial charge in [0.25, 0.3) is 5.91 Å². The van der Waals surface area contributed by atoms with Gasteiger partial charge in [-0.25, -0.2) is 0 Å². The van der Waals surface area contributed by atoms with Gasteiger partial charge in [0.1, 0.15) is 0 Å². The maximum Gasteiger partial charge on any atom is 0.253 e. The molecule has 10 heteroatoms. The van der Waals surface area contributed by atoms with Gasteiger partial charge in [-0.2, -0.15) is 0 Å². The van der Waals surface area contributed by atoms with Crippen LogP contribution in [0.2, 0.25) is 20.1 Å². The lowest BCUT2D eigenvalue weighted by atomic mass is 10.2. The zero-order valence-electron chi connectivity index (χ0n) is 17.8. The number of thioether (sulfide) groups is 1. The molecule has 1 amide bonds. The van der Waals surface area contributed by atoms with Crippen molar-refractivity contribution >= 4 is 64.1 Å². The molecule has 0 aliphatic heterocycles. The van der Waals surface area contributed by atoms with Crippen LogP contribution in [0.3, 0.4) is 0 Å². The Balaban J connectivity index is 1.67. The molecular weight excluding hydrogens is 534 g/mol. The molecule has 1 unspecified atom stereocenters. The number of hydrogen-bond donors (Lipinski definition) is 1. The lowest BCUT2D eigenvalue weighted by Crippen LogP contribution is -2.29. The van der Waals surface area contributed by atoms with E-state index in [1.165, 1.54) is 17.8 Å². The third-order valence-corrected chi connectivity index (χ3v) is 7.02. The van der Waals surface area contributed by atoms with Crippen molar-refractivity contribution in [3.8, 4) is 5.69 Å². The largest absolute Gasteiger partial charge is 0.342 e. The minimum atomic E-state index is -0.510. The number of carbonyl (C=O) groups is 1. The molecule has 0 aliphatic rings. The molecule has 3 aromatic carbocycles. The molecule has 1 heterocycles. The van der Waals surface area contributed by atoms with E-state index >= 15 is 0 Å². The van der Waals surface area contributed by atoms with Crippen LogP contribution in [0, 0.1) is 0 Å². The van der Waals surface area contributed by atoms with Crippen molar-refractivity contribution in [2.45, 2.75) is 23.9 Å². The maximum atomic E-state index is 12.9. The fourth-order valence-corrected chi connectivity index (χ4v) is 5.17. The van der Waals surface area contributed by atoms with Gasteiger partial charge in [-0.15, -0.1) is 10.2 Å². The highest BCUT2D eigenvalue weighted by atomic mass is 35.5. The van der Waals surface area contributed by atoms with Crippen molar-refractivity contribution in [1.29, 1.82) is 0 Å². The number of hydrogen-bond acceptors (Lipinski definition) is 4. The Hall–Kier alpha value is -2.22. The molecule has 1 N–H and O–H groups in total. The Morgan fingerprint density at radius 1 is 0.941 bits per heavy atom. The van der Waals surface area contributed by atoms with E-state index in [4.69, 9.17) is 46.4 Å². The first-order chi connectivity index (χ1) is 16.3.